The zero-order valence-corrected chi connectivity index (χ0v) is 12.5. The highest BCUT2D eigenvalue weighted by molar-refractivity contribution is 5.41. The summed E-state index contributed by atoms with van der Waals surface area (Å²) < 4.78 is 5.63. The molecule has 2 aromatic rings. The molecule has 1 aromatic carbocycles. The van der Waals surface area contributed by atoms with Crippen LogP contribution in [0.2, 0.25) is 0 Å². The van der Waals surface area contributed by atoms with Gasteiger partial charge in [-0.15, -0.1) is 0 Å². The highest BCUT2D eigenvalue weighted by atomic mass is 16.5. The summed E-state index contributed by atoms with van der Waals surface area (Å²) in [7, 11) is 0. The predicted molar refractivity (Wildman–Crippen MR) is 83.2 cm³/mol. The second-order valence-corrected chi connectivity index (χ2v) is 5.12. The van der Waals surface area contributed by atoms with Crippen LogP contribution in [-0.4, -0.2) is 11.1 Å². The van der Waals surface area contributed by atoms with Gasteiger partial charge in [0.05, 0.1) is 6.10 Å². The van der Waals surface area contributed by atoms with Gasteiger partial charge in [-0.1, -0.05) is 18.2 Å². The van der Waals surface area contributed by atoms with Crippen LogP contribution < -0.4 is 10.1 Å². The van der Waals surface area contributed by atoms with Gasteiger partial charge in [0.2, 0.25) is 0 Å². The number of anilines is 1. The van der Waals surface area contributed by atoms with Crippen LogP contribution in [0.15, 0.2) is 42.5 Å². The molecule has 0 bridgehead atoms. The zero-order valence-electron chi connectivity index (χ0n) is 12.5. The van der Waals surface area contributed by atoms with Crippen molar-refractivity contribution in [2.75, 3.05) is 5.32 Å². The Morgan fingerprint density at radius 2 is 1.81 bits per heavy atom. The van der Waals surface area contributed by atoms with E-state index in [2.05, 4.69) is 17.2 Å². The Labute approximate surface area is 125 Å². The molecule has 2 rings (SSSR count). The fourth-order valence-electron chi connectivity index (χ4n) is 1.99. The van der Waals surface area contributed by atoms with Crippen LogP contribution in [-0.2, 0) is 0 Å². The topological polar surface area (TPSA) is 57.9 Å². The third-order valence-electron chi connectivity index (χ3n) is 2.98. The Balaban J connectivity index is 2.06. The van der Waals surface area contributed by atoms with Crippen molar-refractivity contribution in [3.05, 3.63) is 53.7 Å². The predicted octanol–water partition coefficient (Wildman–Crippen LogP) is 3.91. The lowest BCUT2D eigenvalue weighted by Crippen LogP contribution is -2.09. The van der Waals surface area contributed by atoms with Gasteiger partial charge in [0.25, 0.3) is 0 Å². The number of hydrogen-bond acceptors (Lipinski definition) is 4. The Morgan fingerprint density at radius 1 is 1.10 bits per heavy atom. The van der Waals surface area contributed by atoms with Crippen molar-refractivity contribution in [1.82, 2.24) is 4.98 Å². The molecule has 1 heterocycles. The summed E-state index contributed by atoms with van der Waals surface area (Å²) in [6.07, 6.45) is 0.171. The van der Waals surface area contributed by atoms with E-state index in [0.29, 0.717) is 11.5 Å². The van der Waals surface area contributed by atoms with Crippen LogP contribution >= 0.6 is 0 Å². The molecule has 0 spiro atoms. The van der Waals surface area contributed by atoms with E-state index in [4.69, 9.17) is 10.00 Å². The van der Waals surface area contributed by atoms with E-state index in [1.807, 2.05) is 56.3 Å². The molecule has 0 aliphatic carbocycles. The lowest BCUT2D eigenvalue weighted by molar-refractivity contribution is 0.242. The maximum absolute atomic E-state index is 8.86. The van der Waals surface area contributed by atoms with Gasteiger partial charge in [-0.3, -0.25) is 0 Å². The van der Waals surface area contributed by atoms with Crippen LogP contribution in [0.3, 0.4) is 0 Å². The fourth-order valence-corrected chi connectivity index (χ4v) is 1.99. The number of ether oxygens (including phenoxy) is 1. The van der Waals surface area contributed by atoms with Crippen molar-refractivity contribution in [1.29, 1.82) is 5.26 Å². The van der Waals surface area contributed by atoms with E-state index < -0.39 is 0 Å². The van der Waals surface area contributed by atoms with Crippen LogP contribution in [0.5, 0.6) is 5.75 Å². The summed E-state index contributed by atoms with van der Waals surface area (Å²) in [6.45, 7) is 6.07. The summed E-state index contributed by atoms with van der Waals surface area (Å²) >= 11 is 0. The zero-order chi connectivity index (χ0) is 15.2. The maximum Gasteiger partial charge on any atom is 0.142 e. The first-order valence-electron chi connectivity index (χ1n) is 6.99. The SMILES string of the molecule is CC(C)Oc1ccc(C(C)Nc2cccc(C#N)n2)cc1. The van der Waals surface area contributed by atoms with Crippen molar-refractivity contribution in [2.24, 2.45) is 0 Å². The lowest BCUT2D eigenvalue weighted by Gasteiger charge is -2.16. The molecule has 1 aromatic heterocycles. The monoisotopic (exact) mass is 281 g/mol. The van der Waals surface area contributed by atoms with Crippen LogP contribution in [0, 0.1) is 11.3 Å². The molecule has 21 heavy (non-hydrogen) atoms. The second-order valence-electron chi connectivity index (χ2n) is 5.12. The number of nitrogens with one attached hydrogen (secondary N) is 1. The molecule has 1 atom stereocenters. The minimum absolute atomic E-state index is 0.0968. The average Bonchev–Trinajstić information content (AvgIpc) is 2.47. The van der Waals surface area contributed by atoms with E-state index in [0.717, 1.165) is 11.3 Å². The van der Waals surface area contributed by atoms with E-state index >= 15 is 0 Å². The van der Waals surface area contributed by atoms with Crippen molar-refractivity contribution in [3.63, 3.8) is 0 Å². The second kappa shape index (κ2) is 6.76. The Kier molecular flexibility index (Phi) is 4.78. The molecule has 4 heteroatoms. The third kappa shape index (κ3) is 4.22. The number of rotatable bonds is 5. The van der Waals surface area contributed by atoms with Crippen molar-refractivity contribution in [2.45, 2.75) is 32.9 Å². The van der Waals surface area contributed by atoms with E-state index in [1.54, 1.807) is 6.07 Å². The van der Waals surface area contributed by atoms with Crippen molar-refractivity contribution in [3.8, 4) is 11.8 Å². The first kappa shape index (κ1) is 14.9. The van der Waals surface area contributed by atoms with E-state index in [-0.39, 0.29) is 12.1 Å². The van der Waals surface area contributed by atoms with Crippen LogP contribution in [0.1, 0.15) is 38.1 Å². The van der Waals surface area contributed by atoms with Gasteiger partial charge in [-0.2, -0.15) is 5.26 Å². The molecule has 108 valence electrons. The molecule has 1 N–H and O–H groups in total. The first-order chi connectivity index (χ1) is 10.1. The largest absolute Gasteiger partial charge is 0.491 e. The van der Waals surface area contributed by atoms with Crippen LogP contribution in [0.4, 0.5) is 5.82 Å². The number of aromatic nitrogens is 1. The average molecular weight is 281 g/mol. The minimum Gasteiger partial charge on any atom is -0.491 e. The molecule has 4 nitrogen and oxygen atoms in total. The first-order valence-corrected chi connectivity index (χ1v) is 6.99. The van der Waals surface area contributed by atoms with Gasteiger partial charge in [0.1, 0.15) is 23.3 Å². The molecule has 0 amide bonds. The number of pyridine rings is 1. The van der Waals surface area contributed by atoms with E-state index in [9.17, 15) is 0 Å². The molecule has 0 aliphatic heterocycles. The summed E-state index contributed by atoms with van der Waals surface area (Å²) in [5, 5.41) is 12.2. The van der Waals surface area contributed by atoms with Gasteiger partial charge in [-0.05, 0) is 50.6 Å². The van der Waals surface area contributed by atoms with Crippen molar-refractivity contribution >= 4 is 5.82 Å². The maximum atomic E-state index is 8.86. The number of benzene rings is 1. The molecule has 0 fully saturated rings. The normalized spacial score (nSPS) is 11.8. The highest BCUT2D eigenvalue weighted by Gasteiger charge is 2.07. The van der Waals surface area contributed by atoms with Crippen molar-refractivity contribution < 1.29 is 4.74 Å². The standard InChI is InChI=1S/C17H19N3O/c1-12(2)21-16-9-7-14(8-10-16)13(3)19-17-6-4-5-15(11-18)20-17/h4-10,12-13H,1-3H3,(H,19,20). The molecule has 0 radical (unpaired) electrons. The molecular formula is C17H19N3O. The molecule has 0 saturated carbocycles. The highest BCUT2D eigenvalue weighted by Crippen LogP contribution is 2.21. The van der Waals surface area contributed by atoms with Gasteiger partial charge in [0, 0.05) is 6.04 Å². The van der Waals surface area contributed by atoms with Gasteiger partial charge >= 0.3 is 0 Å². The van der Waals surface area contributed by atoms with Crippen LogP contribution in [0.25, 0.3) is 0 Å². The van der Waals surface area contributed by atoms with Gasteiger partial charge < -0.3 is 10.1 Å². The Bertz CT molecular complexity index is 629. The van der Waals surface area contributed by atoms with Gasteiger partial charge in [-0.25, -0.2) is 4.98 Å². The molecule has 0 saturated heterocycles. The summed E-state index contributed by atoms with van der Waals surface area (Å²) in [6, 6.07) is 15.5. The third-order valence-corrected chi connectivity index (χ3v) is 2.98. The molecule has 1 unspecified atom stereocenters. The quantitative estimate of drug-likeness (QED) is 0.902. The van der Waals surface area contributed by atoms with E-state index in [1.165, 1.54) is 0 Å². The Morgan fingerprint density at radius 3 is 2.43 bits per heavy atom. The molecular weight excluding hydrogens is 262 g/mol. The van der Waals surface area contributed by atoms with Gasteiger partial charge in [0.15, 0.2) is 0 Å². The lowest BCUT2D eigenvalue weighted by atomic mass is 10.1. The minimum atomic E-state index is 0.0968. The summed E-state index contributed by atoms with van der Waals surface area (Å²) in [4.78, 5) is 4.22. The molecule has 0 aliphatic rings. The number of nitrogens with zero attached hydrogens (tertiary/aromatic N) is 2. The summed E-state index contributed by atoms with van der Waals surface area (Å²) in [5.74, 6) is 1.56. The smallest absolute Gasteiger partial charge is 0.142 e. The fraction of sp³-hybridized carbons (Fsp3) is 0.294. The Hall–Kier alpha value is -2.54. The number of nitriles is 1. The summed E-state index contributed by atoms with van der Waals surface area (Å²) in [5.41, 5.74) is 1.54. The number of hydrogen-bond donors (Lipinski definition) is 1.